The summed E-state index contributed by atoms with van der Waals surface area (Å²) in [4.78, 5) is 18.2. The average Bonchev–Trinajstić information content (AvgIpc) is 2.76. The Morgan fingerprint density at radius 2 is 1.70 bits per heavy atom. The highest BCUT2D eigenvalue weighted by molar-refractivity contribution is 5.76. The fourth-order valence-electron chi connectivity index (χ4n) is 6.05. The number of amides is 2. The molecule has 0 spiro atoms. The van der Waals surface area contributed by atoms with E-state index in [-0.39, 0.29) is 28.9 Å². The molecule has 0 N–H and O–H groups in total. The summed E-state index contributed by atoms with van der Waals surface area (Å²) in [7, 11) is 0. The molecule has 0 aromatic heterocycles. The summed E-state index contributed by atoms with van der Waals surface area (Å²) in [6, 6.07) is 19.5. The smallest absolute Gasteiger partial charge is 0.320 e. The fraction of sp³-hybridized carbons (Fsp3) is 0.500. The van der Waals surface area contributed by atoms with Crippen LogP contribution in [-0.2, 0) is 16.6 Å². The van der Waals surface area contributed by atoms with Gasteiger partial charge in [-0.1, -0.05) is 75.4 Å². The molecule has 3 aliphatic rings. The molecule has 2 aromatic rings. The van der Waals surface area contributed by atoms with Gasteiger partial charge in [-0.15, -0.1) is 0 Å². The highest BCUT2D eigenvalue weighted by Gasteiger charge is 2.57. The van der Waals surface area contributed by atoms with E-state index in [0.29, 0.717) is 19.8 Å². The fourth-order valence-corrected chi connectivity index (χ4v) is 6.05. The molecule has 2 saturated heterocycles. The van der Waals surface area contributed by atoms with Crippen LogP contribution in [-0.4, -0.2) is 48.2 Å². The molecule has 0 saturated carbocycles. The third-order valence-corrected chi connectivity index (χ3v) is 8.31. The Balaban J connectivity index is 1.48. The van der Waals surface area contributed by atoms with E-state index in [2.05, 4.69) is 67.0 Å². The summed E-state index contributed by atoms with van der Waals surface area (Å²) in [6.07, 6.45) is 1.93. The zero-order chi connectivity index (χ0) is 20.9. The van der Waals surface area contributed by atoms with Gasteiger partial charge in [0.15, 0.2) is 0 Å². The van der Waals surface area contributed by atoms with Crippen molar-refractivity contribution < 1.29 is 9.53 Å². The largest absolute Gasteiger partial charge is 0.377 e. The molecule has 2 heterocycles. The highest BCUT2D eigenvalue weighted by Crippen LogP contribution is 2.56. The molecule has 0 radical (unpaired) electrons. The number of benzene rings is 2. The first-order valence-electron chi connectivity index (χ1n) is 11.2. The molecule has 158 valence electrons. The van der Waals surface area contributed by atoms with E-state index in [1.807, 2.05) is 18.2 Å². The van der Waals surface area contributed by atoms with Crippen molar-refractivity contribution in [2.24, 2.45) is 5.41 Å². The molecule has 30 heavy (non-hydrogen) atoms. The van der Waals surface area contributed by atoms with Gasteiger partial charge < -0.3 is 14.5 Å². The predicted octanol–water partition coefficient (Wildman–Crippen LogP) is 4.79. The highest BCUT2D eigenvalue weighted by atomic mass is 16.5. The van der Waals surface area contributed by atoms with E-state index in [9.17, 15) is 4.79 Å². The second kappa shape index (κ2) is 7.12. The SMILES string of the molecule is CC1(C)[C@H]2Cc3ccccc3[C@]1(C)CCN2C(=O)N1CCOC[C@H]1c1ccccc1. The Bertz CT molecular complexity index is 941. The summed E-state index contributed by atoms with van der Waals surface area (Å²) < 4.78 is 5.78. The lowest BCUT2D eigenvalue weighted by molar-refractivity contribution is -0.0425. The van der Waals surface area contributed by atoms with E-state index in [4.69, 9.17) is 4.74 Å². The zero-order valence-electron chi connectivity index (χ0n) is 18.3. The first kappa shape index (κ1) is 19.6. The number of likely N-dealkylation sites (tertiary alicyclic amines) is 1. The number of ether oxygens (including phenoxy) is 1. The predicted molar refractivity (Wildman–Crippen MR) is 118 cm³/mol. The Morgan fingerprint density at radius 3 is 2.50 bits per heavy atom. The number of morpholine rings is 1. The molecule has 4 nitrogen and oxygen atoms in total. The van der Waals surface area contributed by atoms with Gasteiger partial charge in [-0.25, -0.2) is 4.79 Å². The number of fused-ring (bicyclic) bond motifs is 4. The normalized spacial score (nSPS) is 30.0. The van der Waals surface area contributed by atoms with Gasteiger partial charge in [0, 0.05) is 24.5 Å². The molecule has 2 fully saturated rings. The van der Waals surface area contributed by atoms with Crippen molar-refractivity contribution in [3.8, 4) is 0 Å². The quantitative estimate of drug-likeness (QED) is 0.684. The number of nitrogens with zero attached hydrogens (tertiary/aromatic N) is 2. The number of hydrogen-bond donors (Lipinski definition) is 0. The van der Waals surface area contributed by atoms with Crippen molar-refractivity contribution in [1.82, 2.24) is 9.80 Å². The van der Waals surface area contributed by atoms with Crippen molar-refractivity contribution >= 4 is 6.03 Å². The topological polar surface area (TPSA) is 32.8 Å². The Morgan fingerprint density at radius 1 is 0.967 bits per heavy atom. The summed E-state index contributed by atoms with van der Waals surface area (Å²) in [5.74, 6) is 0. The Hall–Kier alpha value is -2.33. The minimum Gasteiger partial charge on any atom is -0.377 e. The van der Waals surface area contributed by atoms with Crippen LogP contribution in [0.2, 0.25) is 0 Å². The van der Waals surface area contributed by atoms with Gasteiger partial charge >= 0.3 is 6.03 Å². The van der Waals surface area contributed by atoms with E-state index in [1.54, 1.807) is 0 Å². The molecule has 0 unspecified atom stereocenters. The standard InChI is InChI=1S/C26H32N2O2/c1-25(2)23-17-20-11-7-8-12-21(20)26(25,3)13-14-28(23)24(29)27-15-16-30-18-22(27)19-9-5-4-6-10-19/h4-12,22-23H,13-18H2,1-3H3/t22-,23+,26-/m0/s1. The number of urea groups is 1. The van der Waals surface area contributed by atoms with Crippen molar-refractivity contribution in [2.75, 3.05) is 26.3 Å². The molecule has 2 aromatic carbocycles. The summed E-state index contributed by atoms with van der Waals surface area (Å²) >= 11 is 0. The van der Waals surface area contributed by atoms with Crippen molar-refractivity contribution in [1.29, 1.82) is 0 Å². The van der Waals surface area contributed by atoms with Crippen LogP contribution in [0.15, 0.2) is 54.6 Å². The van der Waals surface area contributed by atoms with Gasteiger partial charge in [0.25, 0.3) is 0 Å². The van der Waals surface area contributed by atoms with Gasteiger partial charge in [-0.05, 0) is 34.9 Å². The molecular weight excluding hydrogens is 372 g/mol. The minimum atomic E-state index is -0.0141. The molecule has 1 aliphatic carbocycles. The van der Waals surface area contributed by atoms with E-state index in [0.717, 1.165) is 24.9 Å². The molecule has 4 heteroatoms. The number of carbonyl (C=O) groups is 1. The van der Waals surface area contributed by atoms with Crippen LogP contribution in [0.25, 0.3) is 0 Å². The van der Waals surface area contributed by atoms with Crippen LogP contribution in [0.3, 0.4) is 0 Å². The van der Waals surface area contributed by atoms with Gasteiger partial charge in [0.05, 0.1) is 19.3 Å². The van der Waals surface area contributed by atoms with Gasteiger partial charge in [0.1, 0.15) is 0 Å². The monoisotopic (exact) mass is 404 g/mol. The van der Waals surface area contributed by atoms with E-state index >= 15 is 0 Å². The number of rotatable bonds is 1. The van der Waals surface area contributed by atoms with Crippen LogP contribution in [0.4, 0.5) is 4.79 Å². The maximum Gasteiger partial charge on any atom is 0.320 e. The molecular formula is C26H32N2O2. The van der Waals surface area contributed by atoms with Crippen LogP contribution >= 0.6 is 0 Å². The lowest BCUT2D eigenvalue weighted by Crippen LogP contribution is -2.67. The Labute approximate surface area is 179 Å². The summed E-state index contributed by atoms with van der Waals surface area (Å²) in [6.45, 7) is 9.77. The van der Waals surface area contributed by atoms with Crippen LogP contribution in [0.5, 0.6) is 0 Å². The maximum atomic E-state index is 13.9. The second-order valence-electron chi connectivity index (χ2n) is 9.85. The average molecular weight is 405 g/mol. The third kappa shape index (κ3) is 2.80. The summed E-state index contributed by atoms with van der Waals surface area (Å²) in [5, 5.41) is 0. The van der Waals surface area contributed by atoms with Gasteiger partial charge in [-0.2, -0.15) is 0 Å². The zero-order valence-corrected chi connectivity index (χ0v) is 18.3. The molecule has 2 bridgehead atoms. The van der Waals surface area contributed by atoms with Gasteiger partial charge in [0.2, 0.25) is 0 Å². The first-order chi connectivity index (χ1) is 14.4. The maximum absolute atomic E-state index is 13.9. The second-order valence-corrected chi connectivity index (χ2v) is 9.85. The van der Waals surface area contributed by atoms with Crippen molar-refractivity contribution in [2.45, 2.75) is 51.1 Å². The molecule has 2 amide bonds. The van der Waals surface area contributed by atoms with Gasteiger partial charge in [-0.3, -0.25) is 0 Å². The van der Waals surface area contributed by atoms with Crippen LogP contribution in [0, 0.1) is 5.41 Å². The van der Waals surface area contributed by atoms with E-state index in [1.165, 1.54) is 11.1 Å². The minimum absolute atomic E-state index is 0.0141. The molecule has 2 aliphatic heterocycles. The lowest BCUT2D eigenvalue weighted by atomic mass is 9.51. The molecule has 5 rings (SSSR count). The number of piperidine rings is 1. The van der Waals surface area contributed by atoms with E-state index < -0.39 is 0 Å². The summed E-state index contributed by atoms with van der Waals surface area (Å²) in [5.41, 5.74) is 4.15. The van der Waals surface area contributed by atoms with Crippen molar-refractivity contribution in [3.63, 3.8) is 0 Å². The number of hydrogen-bond acceptors (Lipinski definition) is 2. The lowest BCUT2D eigenvalue weighted by Gasteiger charge is -2.61. The third-order valence-electron chi connectivity index (χ3n) is 8.31. The van der Waals surface area contributed by atoms with Crippen LogP contribution < -0.4 is 0 Å². The van der Waals surface area contributed by atoms with Crippen molar-refractivity contribution in [3.05, 3.63) is 71.3 Å². The Kier molecular flexibility index (Phi) is 4.66. The van der Waals surface area contributed by atoms with Crippen LogP contribution in [0.1, 0.15) is 49.9 Å². The molecule has 3 atom stereocenters. The number of carbonyl (C=O) groups excluding carboxylic acids is 1. The first-order valence-corrected chi connectivity index (χ1v) is 11.2.